The van der Waals surface area contributed by atoms with E-state index in [0.29, 0.717) is 16.8 Å². The molecule has 0 fully saturated rings. The van der Waals surface area contributed by atoms with Crippen molar-refractivity contribution in [1.82, 2.24) is 9.38 Å². The van der Waals surface area contributed by atoms with Crippen LogP contribution in [0.1, 0.15) is 32.2 Å². The fourth-order valence-electron chi connectivity index (χ4n) is 2.65. The number of aromatic nitrogens is 2. The topological polar surface area (TPSA) is 89.5 Å². The predicted octanol–water partition coefficient (Wildman–Crippen LogP) is 3.07. The molecular formula is C18H18N4O2S. The highest BCUT2D eigenvalue weighted by molar-refractivity contribution is 7.17. The minimum absolute atomic E-state index is 0.286. The first-order valence-electron chi connectivity index (χ1n) is 7.70. The van der Waals surface area contributed by atoms with E-state index in [1.807, 2.05) is 24.4 Å². The number of nitrogens with one attached hydrogen (secondary N) is 1. The number of thiazole rings is 1. The van der Waals surface area contributed by atoms with Crippen LogP contribution in [0.25, 0.3) is 11.0 Å². The second-order valence-corrected chi connectivity index (χ2v) is 6.96. The molecule has 1 aromatic carbocycles. The van der Waals surface area contributed by atoms with Crippen molar-refractivity contribution in [3.63, 3.8) is 0 Å². The summed E-state index contributed by atoms with van der Waals surface area (Å²) in [4.78, 5) is 30.2. The van der Waals surface area contributed by atoms with Crippen molar-refractivity contribution >= 4 is 39.9 Å². The molecule has 2 heterocycles. The molecular weight excluding hydrogens is 336 g/mol. The maximum Gasteiger partial charge on any atom is 0.249 e. The molecule has 3 N–H and O–H groups in total. The van der Waals surface area contributed by atoms with Crippen molar-refractivity contribution in [3.8, 4) is 0 Å². The summed E-state index contributed by atoms with van der Waals surface area (Å²) in [7, 11) is 0. The third-order valence-electron chi connectivity index (χ3n) is 3.91. The fourth-order valence-corrected chi connectivity index (χ4v) is 3.53. The molecule has 0 atom stereocenters. The molecule has 3 aromatic rings. The SMILES string of the molecule is Cc1cn2c(C=CC(=O)Nc3cccc(C(N)=O)c3C)c(C)nc2s1. The number of rotatable bonds is 4. The molecule has 0 bridgehead atoms. The van der Waals surface area contributed by atoms with Gasteiger partial charge in [-0.3, -0.25) is 14.0 Å². The minimum Gasteiger partial charge on any atom is -0.366 e. The smallest absolute Gasteiger partial charge is 0.249 e. The average Bonchev–Trinajstić information content (AvgIpc) is 3.02. The fraction of sp³-hybridized carbons (Fsp3) is 0.167. The van der Waals surface area contributed by atoms with Crippen LogP contribution >= 0.6 is 11.3 Å². The third-order valence-corrected chi connectivity index (χ3v) is 4.81. The van der Waals surface area contributed by atoms with E-state index in [2.05, 4.69) is 10.3 Å². The Morgan fingerprint density at radius 3 is 2.76 bits per heavy atom. The van der Waals surface area contributed by atoms with E-state index in [0.717, 1.165) is 21.2 Å². The second-order valence-electron chi connectivity index (χ2n) is 5.74. The molecule has 0 radical (unpaired) electrons. The number of amides is 2. The van der Waals surface area contributed by atoms with Gasteiger partial charge in [-0.15, -0.1) is 11.3 Å². The monoisotopic (exact) mass is 354 g/mol. The van der Waals surface area contributed by atoms with Gasteiger partial charge >= 0.3 is 0 Å². The molecule has 7 heteroatoms. The summed E-state index contributed by atoms with van der Waals surface area (Å²) in [6.45, 7) is 5.68. The first-order chi connectivity index (χ1) is 11.9. The summed E-state index contributed by atoms with van der Waals surface area (Å²) < 4.78 is 1.97. The van der Waals surface area contributed by atoms with Crippen molar-refractivity contribution in [2.45, 2.75) is 20.8 Å². The van der Waals surface area contributed by atoms with Crippen LogP contribution in [-0.2, 0) is 4.79 Å². The number of nitrogens with zero attached hydrogens (tertiary/aromatic N) is 2. The number of primary amides is 1. The maximum absolute atomic E-state index is 12.3. The maximum atomic E-state index is 12.3. The van der Waals surface area contributed by atoms with E-state index in [9.17, 15) is 9.59 Å². The Kier molecular flexibility index (Phi) is 4.41. The standard InChI is InChI=1S/C18H18N4O2S/c1-10-9-22-15(12(3)20-18(22)25-10)7-8-16(23)21-14-6-4-5-13(11(14)2)17(19)24/h4-9H,1-3H3,(H2,19,24)(H,21,23). The van der Waals surface area contributed by atoms with Gasteiger partial charge in [0.2, 0.25) is 11.8 Å². The minimum atomic E-state index is -0.519. The summed E-state index contributed by atoms with van der Waals surface area (Å²) in [6.07, 6.45) is 5.20. The lowest BCUT2D eigenvalue weighted by molar-refractivity contribution is -0.111. The van der Waals surface area contributed by atoms with Gasteiger partial charge in [-0.25, -0.2) is 4.98 Å². The number of imidazole rings is 1. The van der Waals surface area contributed by atoms with Crippen molar-refractivity contribution in [3.05, 3.63) is 57.9 Å². The van der Waals surface area contributed by atoms with Gasteiger partial charge in [-0.05, 0) is 44.5 Å². The van der Waals surface area contributed by atoms with E-state index in [-0.39, 0.29) is 5.91 Å². The number of anilines is 1. The number of hydrogen-bond donors (Lipinski definition) is 2. The van der Waals surface area contributed by atoms with E-state index in [4.69, 9.17) is 5.73 Å². The average molecular weight is 354 g/mol. The van der Waals surface area contributed by atoms with Gasteiger partial charge in [-0.2, -0.15) is 0 Å². The summed E-state index contributed by atoms with van der Waals surface area (Å²) >= 11 is 1.60. The second kappa shape index (κ2) is 6.52. The van der Waals surface area contributed by atoms with Crippen LogP contribution in [0.3, 0.4) is 0 Å². The lowest BCUT2D eigenvalue weighted by atomic mass is 10.1. The van der Waals surface area contributed by atoms with Crippen molar-refractivity contribution in [1.29, 1.82) is 0 Å². The molecule has 3 rings (SSSR count). The number of aryl methyl sites for hydroxylation is 2. The molecule has 0 aliphatic rings. The predicted molar refractivity (Wildman–Crippen MR) is 99.9 cm³/mol. The zero-order valence-corrected chi connectivity index (χ0v) is 15.0. The van der Waals surface area contributed by atoms with Crippen LogP contribution in [0.5, 0.6) is 0 Å². The van der Waals surface area contributed by atoms with Gasteiger partial charge in [0.15, 0.2) is 4.96 Å². The van der Waals surface area contributed by atoms with Gasteiger partial charge in [-0.1, -0.05) is 6.07 Å². The van der Waals surface area contributed by atoms with E-state index < -0.39 is 5.91 Å². The van der Waals surface area contributed by atoms with Crippen molar-refractivity contribution in [2.24, 2.45) is 5.73 Å². The van der Waals surface area contributed by atoms with Crippen LogP contribution in [0.2, 0.25) is 0 Å². The number of fused-ring (bicyclic) bond motifs is 1. The number of carbonyl (C=O) groups excluding carboxylic acids is 2. The van der Waals surface area contributed by atoms with Gasteiger partial charge in [0.05, 0.1) is 11.4 Å². The van der Waals surface area contributed by atoms with Crippen LogP contribution in [0, 0.1) is 20.8 Å². The molecule has 6 nitrogen and oxygen atoms in total. The van der Waals surface area contributed by atoms with E-state index >= 15 is 0 Å². The Hall–Kier alpha value is -2.93. The molecule has 0 unspecified atom stereocenters. The van der Waals surface area contributed by atoms with Gasteiger partial charge in [0, 0.05) is 28.4 Å². The lowest BCUT2D eigenvalue weighted by Gasteiger charge is -2.09. The third kappa shape index (κ3) is 3.32. The van der Waals surface area contributed by atoms with Crippen molar-refractivity contribution in [2.75, 3.05) is 5.32 Å². The Bertz CT molecular complexity index is 1010. The number of carbonyl (C=O) groups is 2. The molecule has 0 saturated heterocycles. The number of nitrogens with two attached hydrogens (primary N) is 1. The Labute approximate surface area is 149 Å². The Morgan fingerprint density at radius 1 is 1.28 bits per heavy atom. The number of benzene rings is 1. The zero-order chi connectivity index (χ0) is 18.1. The lowest BCUT2D eigenvalue weighted by Crippen LogP contribution is -2.15. The highest BCUT2D eigenvalue weighted by atomic mass is 32.1. The van der Waals surface area contributed by atoms with Crippen LogP contribution < -0.4 is 11.1 Å². The first-order valence-corrected chi connectivity index (χ1v) is 8.52. The normalized spacial score (nSPS) is 11.3. The summed E-state index contributed by atoms with van der Waals surface area (Å²) in [6, 6.07) is 5.05. The molecule has 128 valence electrons. The molecule has 0 aliphatic heterocycles. The molecule has 0 spiro atoms. The molecule has 2 amide bonds. The highest BCUT2D eigenvalue weighted by Gasteiger charge is 2.11. The van der Waals surface area contributed by atoms with Gasteiger partial charge in [0.1, 0.15) is 0 Å². The van der Waals surface area contributed by atoms with Crippen LogP contribution in [0.4, 0.5) is 5.69 Å². The van der Waals surface area contributed by atoms with Crippen LogP contribution in [0.15, 0.2) is 30.5 Å². The zero-order valence-electron chi connectivity index (χ0n) is 14.2. The largest absolute Gasteiger partial charge is 0.366 e. The summed E-state index contributed by atoms with van der Waals surface area (Å²) in [5.74, 6) is -0.805. The highest BCUT2D eigenvalue weighted by Crippen LogP contribution is 2.22. The molecule has 0 aliphatic carbocycles. The molecule has 0 saturated carbocycles. The van der Waals surface area contributed by atoms with E-state index in [1.165, 1.54) is 6.08 Å². The summed E-state index contributed by atoms with van der Waals surface area (Å²) in [5.41, 5.74) is 8.67. The molecule has 2 aromatic heterocycles. The summed E-state index contributed by atoms with van der Waals surface area (Å²) in [5, 5.41) is 2.78. The molecule has 25 heavy (non-hydrogen) atoms. The Balaban J connectivity index is 1.83. The van der Waals surface area contributed by atoms with E-state index in [1.54, 1.807) is 42.5 Å². The van der Waals surface area contributed by atoms with Crippen molar-refractivity contribution < 1.29 is 9.59 Å². The first kappa shape index (κ1) is 16.9. The van der Waals surface area contributed by atoms with Gasteiger partial charge in [0.25, 0.3) is 0 Å². The van der Waals surface area contributed by atoms with Crippen LogP contribution in [-0.4, -0.2) is 21.2 Å². The number of hydrogen-bond acceptors (Lipinski definition) is 4. The van der Waals surface area contributed by atoms with Gasteiger partial charge < -0.3 is 11.1 Å². The Morgan fingerprint density at radius 2 is 2.04 bits per heavy atom. The quantitative estimate of drug-likeness (QED) is 0.706.